The van der Waals surface area contributed by atoms with Crippen molar-refractivity contribution in [1.29, 1.82) is 0 Å². The molecular weight excluding hydrogens is 253 g/mol. The average molecular weight is 258 g/mol. The molecule has 0 aliphatic carbocycles. The molecule has 0 aliphatic rings. The summed E-state index contributed by atoms with van der Waals surface area (Å²) in [4.78, 5) is 14.6. The second-order valence-electron chi connectivity index (χ2n) is 3.06. The monoisotopic (exact) mass is 257 g/mol. The fourth-order valence-corrected chi connectivity index (χ4v) is 1.85. The van der Waals surface area contributed by atoms with Crippen LogP contribution in [0.3, 0.4) is 0 Å². The van der Waals surface area contributed by atoms with E-state index in [4.69, 9.17) is 28.3 Å². The quantitative estimate of drug-likeness (QED) is 0.824. The van der Waals surface area contributed by atoms with Crippen LogP contribution in [0.4, 0.5) is 0 Å². The van der Waals surface area contributed by atoms with E-state index in [2.05, 4.69) is 4.98 Å². The Balaban J connectivity index is 2.94. The summed E-state index contributed by atoms with van der Waals surface area (Å²) in [5, 5.41) is 18.8. The van der Waals surface area contributed by atoms with Crippen LogP contribution >= 0.6 is 23.2 Å². The Kier molecular flexibility index (Phi) is 2.61. The third-order valence-electron chi connectivity index (χ3n) is 2.08. The predicted octanol–water partition coefficient (Wildman–Crippen LogP) is 2.95. The molecule has 1 heterocycles. The van der Waals surface area contributed by atoms with Gasteiger partial charge in [-0.2, -0.15) is 0 Å². The van der Waals surface area contributed by atoms with Crippen LogP contribution in [0.5, 0.6) is 5.75 Å². The van der Waals surface area contributed by atoms with Gasteiger partial charge < -0.3 is 10.2 Å². The highest BCUT2D eigenvalue weighted by Gasteiger charge is 2.19. The lowest BCUT2D eigenvalue weighted by Crippen LogP contribution is -2.02. The number of nitrogens with zero attached hydrogens (tertiary/aromatic N) is 1. The molecule has 16 heavy (non-hydrogen) atoms. The molecule has 0 saturated heterocycles. The highest BCUT2D eigenvalue weighted by Crippen LogP contribution is 2.37. The van der Waals surface area contributed by atoms with E-state index >= 15 is 0 Å². The smallest absolute Gasteiger partial charge is 0.356 e. The number of halogens is 2. The van der Waals surface area contributed by atoms with Gasteiger partial charge in [-0.05, 0) is 12.1 Å². The Labute approximate surface area is 100 Å². The zero-order valence-electron chi connectivity index (χ0n) is 7.74. The minimum atomic E-state index is -1.30. The highest BCUT2D eigenvalue weighted by atomic mass is 35.5. The van der Waals surface area contributed by atoms with Crippen molar-refractivity contribution < 1.29 is 15.0 Å². The number of benzene rings is 1. The van der Waals surface area contributed by atoms with E-state index in [0.29, 0.717) is 0 Å². The molecule has 6 heteroatoms. The van der Waals surface area contributed by atoms with Crippen molar-refractivity contribution >= 4 is 40.1 Å². The van der Waals surface area contributed by atoms with Gasteiger partial charge in [0, 0.05) is 0 Å². The van der Waals surface area contributed by atoms with E-state index in [1.807, 2.05) is 0 Å². The maximum Gasteiger partial charge on any atom is 0.356 e. The van der Waals surface area contributed by atoms with Crippen molar-refractivity contribution in [1.82, 2.24) is 4.98 Å². The second kappa shape index (κ2) is 3.81. The fraction of sp³-hybridized carbons (Fsp3) is 0. The number of carbonyl (C=O) groups is 1. The van der Waals surface area contributed by atoms with Gasteiger partial charge in [0.25, 0.3) is 0 Å². The van der Waals surface area contributed by atoms with Gasteiger partial charge in [0.2, 0.25) is 0 Å². The standard InChI is InChI=1S/C10H5Cl2NO3/c11-4-2-1-3-5-6(4)9(14)7(12)8(13-5)10(15)16/h1-3H,(H,13,14)(H,15,16). The molecular formula is C10H5Cl2NO3. The highest BCUT2D eigenvalue weighted by molar-refractivity contribution is 6.39. The number of aromatic hydroxyl groups is 1. The third kappa shape index (κ3) is 1.56. The van der Waals surface area contributed by atoms with Gasteiger partial charge in [-0.25, -0.2) is 9.78 Å². The predicted molar refractivity (Wildman–Crippen MR) is 60.4 cm³/mol. The Morgan fingerprint density at radius 2 is 2.00 bits per heavy atom. The number of rotatable bonds is 1. The van der Waals surface area contributed by atoms with Gasteiger partial charge in [-0.15, -0.1) is 0 Å². The molecule has 0 aliphatic heterocycles. The van der Waals surface area contributed by atoms with Crippen LogP contribution in [0, 0.1) is 0 Å². The lowest BCUT2D eigenvalue weighted by Gasteiger charge is -2.06. The number of carboxylic acids is 1. The average Bonchev–Trinajstić information content (AvgIpc) is 2.22. The summed E-state index contributed by atoms with van der Waals surface area (Å²) in [6.07, 6.45) is 0. The summed E-state index contributed by atoms with van der Waals surface area (Å²) in [5.41, 5.74) is -0.110. The second-order valence-corrected chi connectivity index (χ2v) is 3.85. The van der Waals surface area contributed by atoms with Gasteiger partial charge >= 0.3 is 5.97 Å². The summed E-state index contributed by atoms with van der Waals surface area (Å²) in [5.74, 6) is -1.67. The molecule has 0 fully saturated rings. The van der Waals surface area contributed by atoms with Crippen molar-refractivity contribution in [2.24, 2.45) is 0 Å². The minimum Gasteiger partial charge on any atom is -0.506 e. The molecule has 0 amide bonds. The molecule has 0 saturated carbocycles. The normalized spacial score (nSPS) is 10.6. The minimum absolute atomic E-state index is 0.249. The first-order valence-electron chi connectivity index (χ1n) is 4.22. The van der Waals surface area contributed by atoms with Gasteiger partial charge in [-0.3, -0.25) is 0 Å². The molecule has 2 N–H and O–H groups in total. The van der Waals surface area contributed by atoms with Crippen LogP contribution in [0.15, 0.2) is 18.2 Å². The molecule has 1 aromatic carbocycles. The van der Waals surface area contributed by atoms with E-state index in [0.717, 1.165) is 0 Å². The SMILES string of the molecule is O=C(O)c1nc2cccc(Cl)c2c(O)c1Cl. The molecule has 4 nitrogen and oxygen atoms in total. The van der Waals surface area contributed by atoms with Crippen LogP contribution in [0.25, 0.3) is 10.9 Å². The molecule has 0 bridgehead atoms. The molecule has 0 spiro atoms. The summed E-state index contributed by atoms with van der Waals surface area (Å²) in [7, 11) is 0. The summed E-state index contributed by atoms with van der Waals surface area (Å²) in [6.45, 7) is 0. The van der Waals surface area contributed by atoms with Gasteiger partial charge in [0.1, 0.15) is 10.8 Å². The van der Waals surface area contributed by atoms with Crippen LogP contribution in [-0.4, -0.2) is 21.2 Å². The Bertz CT molecular complexity index is 598. The topological polar surface area (TPSA) is 70.4 Å². The van der Waals surface area contributed by atoms with Gasteiger partial charge in [0.05, 0.1) is 15.9 Å². The first-order chi connectivity index (χ1) is 7.52. The zero-order valence-corrected chi connectivity index (χ0v) is 9.25. The van der Waals surface area contributed by atoms with Crippen molar-refractivity contribution in [3.05, 3.63) is 33.9 Å². The Hall–Kier alpha value is -1.52. The van der Waals surface area contributed by atoms with E-state index in [1.165, 1.54) is 0 Å². The maximum absolute atomic E-state index is 10.8. The summed E-state index contributed by atoms with van der Waals surface area (Å²) in [6, 6.07) is 4.71. The van der Waals surface area contributed by atoms with Crippen LogP contribution in [0.1, 0.15) is 10.5 Å². The summed E-state index contributed by atoms with van der Waals surface area (Å²) >= 11 is 11.5. The van der Waals surface area contributed by atoms with Crippen LogP contribution in [0.2, 0.25) is 10.0 Å². The lowest BCUT2D eigenvalue weighted by molar-refractivity contribution is 0.0690. The Morgan fingerprint density at radius 3 is 2.62 bits per heavy atom. The molecule has 82 valence electrons. The third-order valence-corrected chi connectivity index (χ3v) is 2.75. The van der Waals surface area contributed by atoms with Crippen molar-refractivity contribution in [3.63, 3.8) is 0 Å². The molecule has 0 atom stereocenters. The molecule has 1 aromatic heterocycles. The number of fused-ring (bicyclic) bond motifs is 1. The number of aromatic nitrogens is 1. The van der Waals surface area contributed by atoms with Crippen molar-refractivity contribution in [2.75, 3.05) is 0 Å². The number of hydrogen-bond donors (Lipinski definition) is 2. The fourth-order valence-electron chi connectivity index (χ4n) is 1.37. The van der Waals surface area contributed by atoms with Gasteiger partial charge in [-0.1, -0.05) is 29.3 Å². The first-order valence-corrected chi connectivity index (χ1v) is 4.98. The number of carboxylic acid groups (broad SMARTS) is 1. The maximum atomic E-state index is 10.8. The summed E-state index contributed by atoms with van der Waals surface area (Å²) < 4.78 is 0. The van der Waals surface area contributed by atoms with E-state index in [-0.39, 0.29) is 26.7 Å². The first kappa shape index (κ1) is 11.0. The lowest BCUT2D eigenvalue weighted by atomic mass is 10.2. The van der Waals surface area contributed by atoms with Crippen LogP contribution < -0.4 is 0 Å². The number of pyridine rings is 1. The number of aromatic carboxylic acids is 1. The molecule has 0 radical (unpaired) electrons. The van der Waals surface area contributed by atoms with E-state index < -0.39 is 11.7 Å². The zero-order chi connectivity index (χ0) is 11.9. The molecule has 2 aromatic rings. The molecule has 2 rings (SSSR count). The van der Waals surface area contributed by atoms with Crippen molar-refractivity contribution in [2.45, 2.75) is 0 Å². The van der Waals surface area contributed by atoms with Crippen molar-refractivity contribution in [3.8, 4) is 5.75 Å². The van der Waals surface area contributed by atoms with Crippen LogP contribution in [-0.2, 0) is 0 Å². The van der Waals surface area contributed by atoms with E-state index in [9.17, 15) is 9.90 Å². The number of hydrogen-bond acceptors (Lipinski definition) is 3. The largest absolute Gasteiger partial charge is 0.506 e. The van der Waals surface area contributed by atoms with E-state index in [1.54, 1.807) is 18.2 Å². The molecule has 0 unspecified atom stereocenters. The Morgan fingerprint density at radius 1 is 1.31 bits per heavy atom. The van der Waals surface area contributed by atoms with Gasteiger partial charge in [0.15, 0.2) is 5.69 Å².